The summed E-state index contributed by atoms with van der Waals surface area (Å²) in [6.07, 6.45) is -4.00. The summed E-state index contributed by atoms with van der Waals surface area (Å²) in [7, 11) is 0. The van der Waals surface area contributed by atoms with Gasteiger partial charge in [-0.25, -0.2) is 0 Å². The molecule has 2 aromatic rings. The Hall–Kier alpha value is -1.48. The Balaban J connectivity index is 0.000000315. The highest BCUT2D eigenvalue weighted by Crippen LogP contribution is 2.15. The SMILES string of the molecule is CC(F)(F)F.Cc1ccc(C)c(Cl)c1.Cc1ccc(C)cc1. The molecule has 0 spiro atoms. The zero-order valence-corrected chi connectivity index (χ0v) is 14.3. The summed E-state index contributed by atoms with van der Waals surface area (Å²) in [6, 6.07) is 14.5. The molecule has 0 fully saturated rings. The third kappa shape index (κ3) is 12.3. The standard InChI is InChI=1S/C8H9Cl.C8H10.C2H3F3/c1-6-3-4-7(2)8(9)5-6;1-7-3-5-8(2)6-4-7;1-2(3,4)5/h3-5H,1-2H3;3-6H,1-2H3;1H3. The van der Waals surface area contributed by atoms with Gasteiger partial charge in [0.05, 0.1) is 0 Å². The van der Waals surface area contributed by atoms with Gasteiger partial charge in [-0.05, 0) is 44.9 Å². The van der Waals surface area contributed by atoms with Crippen molar-refractivity contribution in [1.29, 1.82) is 0 Å². The maximum absolute atomic E-state index is 10.4. The van der Waals surface area contributed by atoms with Gasteiger partial charge in [-0.2, -0.15) is 13.2 Å². The minimum absolute atomic E-state index is 0.188. The van der Waals surface area contributed by atoms with Crippen molar-refractivity contribution in [2.75, 3.05) is 0 Å². The highest BCUT2D eigenvalue weighted by molar-refractivity contribution is 6.31. The zero-order valence-electron chi connectivity index (χ0n) is 13.6. The maximum Gasteiger partial charge on any atom is 0.386 e. The van der Waals surface area contributed by atoms with E-state index in [1.54, 1.807) is 0 Å². The van der Waals surface area contributed by atoms with Gasteiger partial charge in [0.15, 0.2) is 0 Å². The van der Waals surface area contributed by atoms with Crippen LogP contribution in [-0.2, 0) is 0 Å². The lowest BCUT2D eigenvalue weighted by atomic mass is 10.2. The van der Waals surface area contributed by atoms with Crippen LogP contribution in [0.2, 0.25) is 5.02 Å². The Morgan fingerprint density at radius 2 is 1.05 bits per heavy atom. The second-order valence-electron chi connectivity index (χ2n) is 5.19. The molecule has 2 rings (SSSR count). The van der Waals surface area contributed by atoms with Crippen LogP contribution in [0.15, 0.2) is 42.5 Å². The van der Waals surface area contributed by atoms with Gasteiger partial charge >= 0.3 is 6.18 Å². The molecule has 0 saturated carbocycles. The third-order valence-electron chi connectivity index (χ3n) is 2.55. The molecule has 0 bridgehead atoms. The van der Waals surface area contributed by atoms with Crippen molar-refractivity contribution in [2.45, 2.75) is 40.8 Å². The van der Waals surface area contributed by atoms with Crippen molar-refractivity contribution >= 4 is 11.6 Å². The van der Waals surface area contributed by atoms with Gasteiger partial charge in [0.2, 0.25) is 0 Å². The molecule has 0 aliphatic rings. The van der Waals surface area contributed by atoms with Crippen LogP contribution in [-0.4, -0.2) is 6.18 Å². The molecule has 4 heteroatoms. The van der Waals surface area contributed by atoms with E-state index in [0.29, 0.717) is 0 Å². The van der Waals surface area contributed by atoms with Gasteiger partial charge in [0, 0.05) is 11.9 Å². The number of hydrogen-bond donors (Lipinski definition) is 0. The fraction of sp³-hybridized carbons (Fsp3) is 0.333. The number of rotatable bonds is 0. The van der Waals surface area contributed by atoms with Gasteiger partial charge in [0.25, 0.3) is 0 Å². The molecule has 0 aromatic heterocycles. The van der Waals surface area contributed by atoms with Crippen LogP contribution >= 0.6 is 11.6 Å². The zero-order chi connectivity index (χ0) is 17.3. The average molecular weight is 331 g/mol. The number of alkyl halides is 3. The van der Waals surface area contributed by atoms with Crippen molar-refractivity contribution in [1.82, 2.24) is 0 Å². The lowest BCUT2D eigenvalue weighted by Gasteiger charge is -1.96. The quantitative estimate of drug-likeness (QED) is 0.496. The molecular formula is C18H22ClF3. The van der Waals surface area contributed by atoms with E-state index in [0.717, 1.165) is 10.6 Å². The predicted molar refractivity (Wildman–Crippen MR) is 88.6 cm³/mol. The number of hydrogen-bond acceptors (Lipinski definition) is 0. The second-order valence-corrected chi connectivity index (χ2v) is 5.60. The molecule has 122 valence electrons. The largest absolute Gasteiger partial charge is 0.386 e. The van der Waals surface area contributed by atoms with Gasteiger partial charge < -0.3 is 0 Å². The van der Waals surface area contributed by atoms with Crippen LogP contribution in [0.1, 0.15) is 29.2 Å². The Bertz CT molecular complexity index is 531. The van der Waals surface area contributed by atoms with Crippen LogP contribution < -0.4 is 0 Å². The van der Waals surface area contributed by atoms with Crippen LogP contribution in [0.4, 0.5) is 13.2 Å². The summed E-state index contributed by atoms with van der Waals surface area (Å²) < 4.78 is 31.1. The topological polar surface area (TPSA) is 0 Å². The normalized spacial score (nSPS) is 10.0. The molecule has 0 N–H and O–H groups in total. The van der Waals surface area contributed by atoms with E-state index in [9.17, 15) is 13.2 Å². The highest BCUT2D eigenvalue weighted by atomic mass is 35.5. The van der Waals surface area contributed by atoms with Gasteiger partial charge in [-0.1, -0.05) is 59.1 Å². The van der Waals surface area contributed by atoms with Crippen LogP contribution in [0.3, 0.4) is 0 Å². The Morgan fingerprint density at radius 1 is 0.727 bits per heavy atom. The van der Waals surface area contributed by atoms with Crippen LogP contribution in [0.5, 0.6) is 0 Å². The molecule has 0 unspecified atom stereocenters. The van der Waals surface area contributed by atoms with Crippen molar-refractivity contribution in [3.05, 3.63) is 69.7 Å². The van der Waals surface area contributed by atoms with E-state index in [-0.39, 0.29) is 6.92 Å². The average Bonchev–Trinajstić information content (AvgIpc) is 2.37. The summed E-state index contributed by atoms with van der Waals surface area (Å²) in [5, 5.41) is 0.856. The van der Waals surface area contributed by atoms with Crippen molar-refractivity contribution in [3.8, 4) is 0 Å². The molecule has 0 heterocycles. The first-order valence-corrected chi connectivity index (χ1v) is 7.19. The number of aryl methyl sites for hydroxylation is 4. The van der Waals surface area contributed by atoms with E-state index in [4.69, 9.17) is 11.6 Å². The molecule has 0 aliphatic heterocycles. The summed E-state index contributed by atoms with van der Waals surface area (Å²) in [4.78, 5) is 0. The smallest absolute Gasteiger partial charge is 0.172 e. The van der Waals surface area contributed by atoms with Crippen molar-refractivity contribution in [3.63, 3.8) is 0 Å². The fourth-order valence-corrected chi connectivity index (χ4v) is 1.57. The number of benzene rings is 2. The molecule has 22 heavy (non-hydrogen) atoms. The first kappa shape index (κ1) is 20.5. The molecule has 0 aliphatic carbocycles. The molecule has 2 aromatic carbocycles. The van der Waals surface area contributed by atoms with E-state index in [1.165, 1.54) is 16.7 Å². The number of halogens is 4. The minimum Gasteiger partial charge on any atom is -0.172 e. The maximum atomic E-state index is 10.4. The second kappa shape index (κ2) is 9.52. The van der Waals surface area contributed by atoms with Crippen LogP contribution in [0, 0.1) is 27.7 Å². The van der Waals surface area contributed by atoms with Gasteiger partial charge in [-0.15, -0.1) is 0 Å². The first-order chi connectivity index (χ1) is 9.99. The summed E-state index contributed by atoms with van der Waals surface area (Å²) in [5.41, 5.74) is 5.01. The Morgan fingerprint density at radius 3 is 1.32 bits per heavy atom. The predicted octanol–water partition coefficient (Wildman–Crippen LogP) is 6.83. The molecule has 0 radical (unpaired) electrons. The van der Waals surface area contributed by atoms with Crippen molar-refractivity contribution < 1.29 is 13.2 Å². The lowest BCUT2D eigenvalue weighted by Crippen LogP contribution is -1.95. The lowest BCUT2D eigenvalue weighted by molar-refractivity contribution is -0.110. The van der Waals surface area contributed by atoms with E-state index < -0.39 is 6.18 Å². The van der Waals surface area contributed by atoms with Gasteiger partial charge in [-0.3, -0.25) is 0 Å². The first-order valence-electron chi connectivity index (χ1n) is 6.82. The Labute approximate surface area is 135 Å². The van der Waals surface area contributed by atoms with E-state index >= 15 is 0 Å². The van der Waals surface area contributed by atoms with Crippen molar-refractivity contribution in [2.24, 2.45) is 0 Å². The van der Waals surface area contributed by atoms with Gasteiger partial charge in [0.1, 0.15) is 0 Å². The molecule has 0 amide bonds. The third-order valence-corrected chi connectivity index (χ3v) is 2.95. The fourth-order valence-electron chi connectivity index (χ4n) is 1.33. The monoisotopic (exact) mass is 330 g/mol. The highest BCUT2D eigenvalue weighted by Gasteiger charge is 2.15. The Kier molecular flexibility index (Phi) is 8.88. The summed E-state index contributed by atoms with van der Waals surface area (Å²) in [6.45, 7) is 8.42. The van der Waals surface area contributed by atoms with Crippen LogP contribution in [0.25, 0.3) is 0 Å². The molecule has 0 nitrogen and oxygen atoms in total. The molecular weight excluding hydrogens is 309 g/mol. The summed E-state index contributed by atoms with van der Waals surface area (Å²) in [5.74, 6) is 0. The minimum atomic E-state index is -4.00. The van der Waals surface area contributed by atoms with E-state index in [1.807, 2.05) is 26.0 Å². The molecule has 0 saturated heterocycles. The summed E-state index contributed by atoms with van der Waals surface area (Å²) >= 11 is 5.81. The molecule has 0 atom stereocenters. The van der Waals surface area contributed by atoms with E-state index in [2.05, 4.69) is 44.2 Å².